The molecule has 146 valence electrons. The molecule has 0 aliphatic carbocycles. The predicted molar refractivity (Wildman–Crippen MR) is 96.9 cm³/mol. The number of aromatic nitrogens is 2. The van der Waals surface area contributed by atoms with Gasteiger partial charge in [-0.05, 0) is 41.5 Å². The van der Waals surface area contributed by atoms with E-state index in [-0.39, 0.29) is 24.7 Å². The molecule has 1 aromatic heterocycles. The van der Waals surface area contributed by atoms with E-state index in [1.165, 1.54) is 4.31 Å². The zero-order valence-electron chi connectivity index (χ0n) is 16.1. The molecule has 1 fully saturated rings. The van der Waals surface area contributed by atoms with E-state index >= 15 is 0 Å². The van der Waals surface area contributed by atoms with Crippen molar-refractivity contribution in [1.29, 1.82) is 0 Å². The molecule has 0 saturated carbocycles. The summed E-state index contributed by atoms with van der Waals surface area (Å²) in [5, 5.41) is 4.35. The number of nitrogens with one attached hydrogen (secondary N) is 1. The van der Waals surface area contributed by atoms with E-state index in [0.717, 1.165) is 0 Å². The van der Waals surface area contributed by atoms with Gasteiger partial charge in [0.05, 0.1) is 42.8 Å². The molecule has 1 amide bonds. The number of carbonyl (C=O) groups is 1. The molecule has 0 spiro atoms. The fraction of sp³-hybridized carbons (Fsp3) is 0.750. The number of hydrogen-bond donors (Lipinski definition) is 1. The highest BCUT2D eigenvalue weighted by molar-refractivity contribution is 7.91. The van der Waals surface area contributed by atoms with E-state index in [1.807, 2.05) is 41.5 Å². The van der Waals surface area contributed by atoms with Crippen LogP contribution < -0.4 is 9.03 Å². The second-order valence-electron chi connectivity index (χ2n) is 8.06. The summed E-state index contributed by atoms with van der Waals surface area (Å²) in [7, 11) is -3.63. The van der Waals surface area contributed by atoms with Crippen LogP contribution in [0, 0.1) is 0 Å². The van der Waals surface area contributed by atoms with E-state index in [2.05, 4.69) is 9.82 Å². The lowest BCUT2D eigenvalue weighted by atomic mass is 10.1. The molecule has 26 heavy (non-hydrogen) atoms. The van der Waals surface area contributed by atoms with Crippen molar-refractivity contribution in [2.24, 2.45) is 0 Å². The van der Waals surface area contributed by atoms with Gasteiger partial charge in [-0.25, -0.2) is 9.10 Å². The molecule has 2 aliphatic rings. The van der Waals surface area contributed by atoms with Gasteiger partial charge in [0.2, 0.25) is 0 Å². The Kier molecular flexibility index (Phi) is 4.47. The number of ether oxygens (including phenoxy) is 1. The largest absolute Gasteiger partial charge is 0.444 e. The lowest BCUT2D eigenvalue weighted by Gasteiger charge is -2.36. The van der Waals surface area contributed by atoms with Crippen LogP contribution in [0.2, 0.25) is 0 Å². The highest BCUT2D eigenvalue weighted by Gasteiger charge is 2.43. The minimum Gasteiger partial charge on any atom is -0.444 e. The summed E-state index contributed by atoms with van der Waals surface area (Å²) in [6.45, 7) is 11.8. The lowest BCUT2D eigenvalue weighted by molar-refractivity contribution is 0.00913. The van der Waals surface area contributed by atoms with Gasteiger partial charge in [0, 0.05) is 6.04 Å². The molecule has 0 bridgehead atoms. The number of nitrogens with zero attached hydrogens (tertiary/aromatic N) is 4. The van der Waals surface area contributed by atoms with Crippen LogP contribution in [-0.4, -0.2) is 52.9 Å². The van der Waals surface area contributed by atoms with Crippen LogP contribution >= 0.6 is 0 Å². The molecule has 3 rings (SSSR count). The second-order valence-corrected chi connectivity index (χ2v) is 9.64. The van der Waals surface area contributed by atoms with Gasteiger partial charge >= 0.3 is 16.3 Å². The monoisotopic (exact) mass is 385 g/mol. The third kappa shape index (κ3) is 3.27. The maximum absolute atomic E-state index is 12.6. The van der Waals surface area contributed by atoms with E-state index in [4.69, 9.17) is 4.74 Å². The van der Waals surface area contributed by atoms with Crippen molar-refractivity contribution in [2.45, 2.75) is 78.4 Å². The molecule has 3 atom stereocenters. The van der Waals surface area contributed by atoms with Crippen LogP contribution in [0.1, 0.15) is 47.2 Å². The average Bonchev–Trinajstić information content (AvgIpc) is 2.94. The smallest absolute Gasteiger partial charge is 0.410 e. The first-order chi connectivity index (χ1) is 11.9. The van der Waals surface area contributed by atoms with Gasteiger partial charge in [0.25, 0.3) is 0 Å². The summed E-state index contributed by atoms with van der Waals surface area (Å²) in [6.07, 6.45) is 1.15. The minimum atomic E-state index is -3.63. The van der Waals surface area contributed by atoms with Crippen LogP contribution in [-0.2, 0) is 28.0 Å². The van der Waals surface area contributed by atoms with Gasteiger partial charge in [0.15, 0.2) is 0 Å². The number of anilines is 1. The lowest BCUT2D eigenvalue weighted by Crippen LogP contribution is -2.47. The molecule has 0 aromatic carbocycles. The Balaban J connectivity index is 1.93. The molecule has 0 radical (unpaired) electrons. The quantitative estimate of drug-likeness (QED) is 0.789. The van der Waals surface area contributed by atoms with Crippen LogP contribution in [0.25, 0.3) is 0 Å². The Hall–Kier alpha value is -1.81. The Labute approximate surface area is 154 Å². The normalized spacial score (nSPS) is 28.2. The van der Waals surface area contributed by atoms with Crippen molar-refractivity contribution in [3.63, 3.8) is 0 Å². The first kappa shape index (κ1) is 19.0. The van der Waals surface area contributed by atoms with Gasteiger partial charge in [-0.2, -0.15) is 18.2 Å². The molecular weight excluding hydrogens is 358 g/mol. The summed E-state index contributed by atoms with van der Waals surface area (Å²) < 4.78 is 36.3. The van der Waals surface area contributed by atoms with Crippen molar-refractivity contribution >= 4 is 22.0 Å². The van der Waals surface area contributed by atoms with Crippen molar-refractivity contribution in [1.82, 2.24) is 19.4 Å². The summed E-state index contributed by atoms with van der Waals surface area (Å²) in [5.74, 6) is 0. The highest BCUT2D eigenvalue weighted by atomic mass is 32.2. The highest BCUT2D eigenvalue weighted by Crippen LogP contribution is 2.33. The predicted octanol–water partition coefficient (Wildman–Crippen LogP) is 1.45. The number of amides is 1. The summed E-state index contributed by atoms with van der Waals surface area (Å²) >= 11 is 0. The molecule has 1 aromatic rings. The number of rotatable bonds is 1. The van der Waals surface area contributed by atoms with Crippen molar-refractivity contribution < 1.29 is 17.9 Å². The summed E-state index contributed by atoms with van der Waals surface area (Å²) in [4.78, 5) is 14.2. The molecule has 1 saturated heterocycles. The Morgan fingerprint density at radius 1 is 1.31 bits per heavy atom. The van der Waals surface area contributed by atoms with E-state index in [1.54, 1.807) is 15.8 Å². The molecule has 2 aliphatic heterocycles. The molecule has 1 N–H and O–H groups in total. The summed E-state index contributed by atoms with van der Waals surface area (Å²) in [6, 6.07) is -0.557. The Morgan fingerprint density at radius 3 is 2.50 bits per heavy atom. The first-order valence-corrected chi connectivity index (χ1v) is 10.2. The van der Waals surface area contributed by atoms with E-state index < -0.39 is 21.9 Å². The maximum Gasteiger partial charge on any atom is 0.410 e. The fourth-order valence-electron chi connectivity index (χ4n) is 3.30. The van der Waals surface area contributed by atoms with Crippen LogP contribution in [0.5, 0.6) is 0 Å². The first-order valence-electron chi connectivity index (χ1n) is 8.76. The van der Waals surface area contributed by atoms with Gasteiger partial charge in [0.1, 0.15) is 5.60 Å². The standard InChI is InChI=1S/C16H27N5O4S/c1-10-8-20-14(9-19(10)15(22)25-16(4,5)6)13(7-17-20)21-12(3)11(2)18-26(21,23)24/h7,10-12,18H,8-9H2,1-6H3/t10-,11?,12-/m0/s1. The van der Waals surface area contributed by atoms with Crippen LogP contribution in [0.15, 0.2) is 6.20 Å². The molecule has 10 heteroatoms. The molecular formula is C16H27N5O4S. The van der Waals surface area contributed by atoms with Gasteiger partial charge in [-0.15, -0.1) is 0 Å². The molecule has 1 unspecified atom stereocenters. The zero-order chi connectivity index (χ0) is 19.4. The molecule has 3 heterocycles. The Morgan fingerprint density at radius 2 is 1.96 bits per heavy atom. The van der Waals surface area contributed by atoms with Crippen LogP contribution in [0.4, 0.5) is 10.5 Å². The molecule has 9 nitrogen and oxygen atoms in total. The number of fused-ring (bicyclic) bond motifs is 1. The van der Waals surface area contributed by atoms with Gasteiger partial charge < -0.3 is 4.74 Å². The third-order valence-electron chi connectivity index (χ3n) is 4.77. The van der Waals surface area contributed by atoms with Gasteiger partial charge in [-0.1, -0.05) is 0 Å². The van der Waals surface area contributed by atoms with Crippen molar-refractivity contribution in [2.75, 3.05) is 4.31 Å². The third-order valence-corrected chi connectivity index (χ3v) is 6.49. The Bertz CT molecular complexity index is 813. The summed E-state index contributed by atoms with van der Waals surface area (Å²) in [5.41, 5.74) is 0.610. The second kappa shape index (κ2) is 6.12. The zero-order valence-corrected chi connectivity index (χ0v) is 16.9. The van der Waals surface area contributed by atoms with Crippen LogP contribution in [0.3, 0.4) is 0 Å². The van der Waals surface area contributed by atoms with E-state index in [9.17, 15) is 13.2 Å². The average molecular weight is 385 g/mol. The van der Waals surface area contributed by atoms with Crippen molar-refractivity contribution in [3.8, 4) is 0 Å². The topological polar surface area (TPSA) is 96.8 Å². The number of carbonyl (C=O) groups excluding carboxylic acids is 1. The minimum absolute atomic E-state index is 0.102. The fourth-order valence-corrected chi connectivity index (χ4v) is 5.11. The van der Waals surface area contributed by atoms with Crippen molar-refractivity contribution in [3.05, 3.63) is 11.9 Å². The SMILES string of the molecule is CC1NS(=O)(=O)N(c2cnn3c2CN(C(=O)OC(C)(C)C)[C@@H](C)C3)[C@H]1C. The maximum atomic E-state index is 12.6. The number of hydrogen-bond acceptors (Lipinski definition) is 5. The van der Waals surface area contributed by atoms with Gasteiger partial charge in [-0.3, -0.25) is 9.58 Å². The van der Waals surface area contributed by atoms with E-state index in [0.29, 0.717) is 17.9 Å².